The number of nitrogens with zero attached hydrogens (tertiary/aromatic N) is 3. The first-order chi connectivity index (χ1) is 14.0. The van der Waals surface area contributed by atoms with Crippen LogP contribution in [0.5, 0.6) is 0 Å². The third-order valence-corrected chi connectivity index (χ3v) is 5.83. The van der Waals surface area contributed by atoms with Crippen molar-refractivity contribution in [3.8, 4) is 0 Å². The summed E-state index contributed by atoms with van der Waals surface area (Å²) in [4.78, 5) is 29.8. The summed E-state index contributed by atoms with van der Waals surface area (Å²) in [7, 11) is 2.00. The summed E-state index contributed by atoms with van der Waals surface area (Å²) in [6.07, 6.45) is 6.96. The number of benzene rings is 1. The number of urea groups is 1. The molecule has 2 aliphatic rings. The first-order valence-corrected chi connectivity index (χ1v) is 10.6. The summed E-state index contributed by atoms with van der Waals surface area (Å²) in [6.45, 7) is 2.84. The van der Waals surface area contributed by atoms with Crippen LogP contribution < -0.4 is 5.32 Å². The lowest BCUT2D eigenvalue weighted by molar-refractivity contribution is -0.133. The number of aryl methyl sites for hydroxylation is 2. The standard InChI is InChI=1S/C23H30N4O2/c1-3-17-6-4-7-18(14-17)24-23(29)27(20-11-12-20)16-22(28)26(19-9-10-19)15-21-8-5-13-25(21)2/h4-8,13-14,19-20H,3,9-12,15-16H2,1-2H3,(H,24,29). The summed E-state index contributed by atoms with van der Waals surface area (Å²) >= 11 is 0. The molecule has 2 aliphatic carbocycles. The van der Waals surface area contributed by atoms with E-state index in [1.54, 1.807) is 4.90 Å². The van der Waals surface area contributed by atoms with Crippen molar-refractivity contribution in [3.05, 3.63) is 53.9 Å². The van der Waals surface area contributed by atoms with Crippen LogP contribution in [0.3, 0.4) is 0 Å². The van der Waals surface area contributed by atoms with Gasteiger partial charge in [0.15, 0.2) is 0 Å². The van der Waals surface area contributed by atoms with Gasteiger partial charge < -0.3 is 19.7 Å². The molecule has 0 saturated heterocycles. The predicted octanol–water partition coefficient (Wildman–Crippen LogP) is 3.78. The van der Waals surface area contributed by atoms with Gasteiger partial charge in [-0.2, -0.15) is 0 Å². The van der Waals surface area contributed by atoms with Gasteiger partial charge in [-0.25, -0.2) is 4.79 Å². The summed E-state index contributed by atoms with van der Waals surface area (Å²) in [5.74, 6) is 0.0399. The molecule has 0 radical (unpaired) electrons. The largest absolute Gasteiger partial charge is 0.353 e. The topological polar surface area (TPSA) is 57.6 Å². The molecule has 1 aromatic heterocycles. The lowest BCUT2D eigenvalue weighted by Crippen LogP contribution is -2.46. The van der Waals surface area contributed by atoms with Crippen molar-refractivity contribution in [1.29, 1.82) is 0 Å². The number of carbonyl (C=O) groups is 2. The second-order valence-corrected chi connectivity index (χ2v) is 8.21. The third-order valence-electron chi connectivity index (χ3n) is 5.83. The van der Waals surface area contributed by atoms with Crippen LogP contribution in [0.15, 0.2) is 42.6 Å². The Labute approximate surface area is 172 Å². The van der Waals surface area contributed by atoms with Gasteiger partial charge in [0.2, 0.25) is 5.91 Å². The van der Waals surface area contributed by atoms with E-state index in [0.29, 0.717) is 12.6 Å². The molecular formula is C23H30N4O2. The minimum absolute atomic E-state index is 0.0399. The first-order valence-electron chi connectivity index (χ1n) is 10.6. The molecule has 2 saturated carbocycles. The van der Waals surface area contributed by atoms with Crippen molar-refractivity contribution in [2.24, 2.45) is 7.05 Å². The average Bonchev–Trinajstić information content (AvgIpc) is 3.63. The van der Waals surface area contributed by atoms with Crippen LogP contribution in [0, 0.1) is 0 Å². The Bertz CT molecular complexity index is 883. The van der Waals surface area contributed by atoms with Crippen molar-refractivity contribution in [1.82, 2.24) is 14.4 Å². The Kier molecular flexibility index (Phi) is 5.60. The van der Waals surface area contributed by atoms with Gasteiger partial charge in [0.05, 0.1) is 6.54 Å². The molecule has 0 unspecified atom stereocenters. The number of aromatic nitrogens is 1. The molecule has 2 fully saturated rings. The molecule has 0 atom stereocenters. The number of hydrogen-bond acceptors (Lipinski definition) is 2. The molecule has 0 bridgehead atoms. The Morgan fingerprint density at radius 3 is 2.41 bits per heavy atom. The monoisotopic (exact) mass is 394 g/mol. The zero-order chi connectivity index (χ0) is 20.4. The molecule has 154 valence electrons. The minimum Gasteiger partial charge on any atom is -0.353 e. The maximum absolute atomic E-state index is 13.2. The van der Waals surface area contributed by atoms with Crippen LogP contribution in [0.2, 0.25) is 0 Å². The van der Waals surface area contributed by atoms with E-state index in [4.69, 9.17) is 0 Å². The molecule has 1 N–H and O–H groups in total. The molecule has 29 heavy (non-hydrogen) atoms. The van der Waals surface area contributed by atoms with Crippen molar-refractivity contribution in [2.45, 2.75) is 57.7 Å². The SMILES string of the molecule is CCc1cccc(NC(=O)N(CC(=O)N(Cc2cccn2C)C2CC2)C2CC2)c1. The molecule has 1 aromatic carbocycles. The van der Waals surface area contributed by atoms with E-state index in [-0.39, 0.29) is 24.5 Å². The number of rotatable bonds is 8. The summed E-state index contributed by atoms with van der Waals surface area (Å²) in [5, 5.41) is 2.99. The fraction of sp³-hybridized carbons (Fsp3) is 0.478. The average molecular weight is 395 g/mol. The van der Waals surface area contributed by atoms with E-state index in [1.165, 1.54) is 5.56 Å². The van der Waals surface area contributed by atoms with Crippen molar-refractivity contribution in [2.75, 3.05) is 11.9 Å². The van der Waals surface area contributed by atoms with Gasteiger partial charge in [-0.3, -0.25) is 4.79 Å². The van der Waals surface area contributed by atoms with Crippen LogP contribution in [0.25, 0.3) is 0 Å². The summed E-state index contributed by atoms with van der Waals surface area (Å²) in [5.41, 5.74) is 3.08. The lowest BCUT2D eigenvalue weighted by atomic mass is 10.1. The molecule has 6 heteroatoms. The molecule has 6 nitrogen and oxygen atoms in total. The maximum Gasteiger partial charge on any atom is 0.322 e. The summed E-state index contributed by atoms with van der Waals surface area (Å²) in [6, 6.07) is 12.3. The van der Waals surface area contributed by atoms with Crippen LogP contribution in [0.4, 0.5) is 10.5 Å². The zero-order valence-corrected chi connectivity index (χ0v) is 17.3. The molecule has 2 aromatic rings. The molecule has 1 heterocycles. The second kappa shape index (κ2) is 8.31. The van der Waals surface area contributed by atoms with E-state index in [0.717, 1.165) is 43.5 Å². The number of nitrogens with one attached hydrogen (secondary N) is 1. The highest BCUT2D eigenvalue weighted by Gasteiger charge is 2.38. The Morgan fingerprint density at radius 1 is 1.07 bits per heavy atom. The number of amides is 3. The fourth-order valence-corrected chi connectivity index (χ4v) is 3.70. The Balaban J connectivity index is 1.43. The van der Waals surface area contributed by atoms with Crippen LogP contribution >= 0.6 is 0 Å². The van der Waals surface area contributed by atoms with Crippen LogP contribution in [0.1, 0.15) is 43.9 Å². The van der Waals surface area contributed by atoms with Gasteiger partial charge in [-0.15, -0.1) is 0 Å². The highest BCUT2D eigenvalue weighted by atomic mass is 16.2. The van der Waals surface area contributed by atoms with Crippen LogP contribution in [-0.4, -0.2) is 44.9 Å². The van der Waals surface area contributed by atoms with Gasteiger partial charge in [0, 0.05) is 36.7 Å². The van der Waals surface area contributed by atoms with Crippen molar-refractivity contribution >= 4 is 17.6 Å². The van der Waals surface area contributed by atoms with Gasteiger partial charge in [0.1, 0.15) is 6.54 Å². The van der Waals surface area contributed by atoms with E-state index >= 15 is 0 Å². The molecule has 0 spiro atoms. The lowest BCUT2D eigenvalue weighted by Gasteiger charge is -2.28. The quantitative estimate of drug-likeness (QED) is 0.741. The van der Waals surface area contributed by atoms with E-state index < -0.39 is 0 Å². The third kappa shape index (κ3) is 4.81. The normalized spacial score (nSPS) is 15.8. The zero-order valence-electron chi connectivity index (χ0n) is 17.3. The van der Waals surface area contributed by atoms with E-state index in [9.17, 15) is 9.59 Å². The highest BCUT2D eigenvalue weighted by Crippen LogP contribution is 2.31. The van der Waals surface area contributed by atoms with Gasteiger partial charge in [-0.1, -0.05) is 19.1 Å². The van der Waals surface area contributed by atoms with Gasteiger partial charge in [-0.05, 0) is 61.9 Å². The molecule has 3 amide bonds. The number of anilines is 1. The molecular weight excluding hydrogens is 364 g/mol. The van der Waals surface area contributed by atoms with Crippen molar-refractivity contribution < 1.29 is 9.59 Å². The highest BCUT2D eigenvalue weighted by molar-refractivity contribution is 5.93. The summed E-state index contributed by atoms with van der Waals surface area (Å²) < 4.78 is 2.05. The fourth-order valence-electron chi connectivity index (χ4n) is 3.70. The first kappa shape index (κ1) is 19.6. The predicted molar refractivity (Wildman–Crippen MR) is 114 cm³/mol. The van der Waals surface area contributed by atoms with Crippen molar-refractivity contribution in [3.63, 3.8) is 0 Å². The number of carbonyl (C=O) groups excluding carboxylic acids is 2. The Hall–Kier alpha value is -2.76. The number of hydrogen-bond donors (Lipinski definition) is 1. The van der Waals surface area contributed by atoms with E-state index in [1.807, 2.05) is 42.4 Å². The van der Waals surface area contributed by atoms with E-state index in [2.05, 4.69) is 28.9 Å². The Morgan fingerprint density at radius 2 is 1.79 bits per heavy atom. The minimum atomic E-state index is -0.177. The maximum atomic E-state index is 13.2. The molecule has 0 aliphatic heterocycles. The molecule has 4 rings (SSSR count). The van der Waals surface area contributed by atoms with Crippen LogP contribution in [-0.2, 0) is 24.8 Å². The smallest absolute Gasteiger partial charge is 0.322 e. The van der Waals surface area contributed by atoms with Gasteiger partial charge in [0.25, 0.3) is 0 Å². The second-order valence-electron chi connectivity index (χ2n) is 8.21. The van der Waals surface area contributed by atoms with Gasteiger partial charge >= 0.3 is 6.03 Å².